The molecule has 12 nitrogen and oxygen atoms in total. The molecule has 2 unspecified atom stereocenters. The van der Waals surface area contributed by atoms with Gasteiger partial charge >= 0.3 is 11.8 Å². The summed E-state index contributed by atoms with van der Waals surface area (Å²) in [7, 11) is 0. The van der Waals surface area contributed by atoms with E-state index in [2.05, 4.69) is 10.3 Å². The van der Waals surface area contributed by atoms with Crippen LogP contribution < -0.4 is 5.73 Å². The number of nitro benzene ring substituents is 1. The van der Waals surface area contributed by atoms with E-state index in [4.69, 9.17) is 22.2 Å². The molecule has 4 fully saturated rings. The number of hydrogen-bond donors (Lipinski definition) is 1. The van der Waals surface area contributed by atoms with Crippen molar-refractivity contribution in [1.29, 1.82) is 0 Å². The molecule has 1 aromatic carbocycles. The fourth-order valence-electron chi connectivity index (χ4n) is 7.15. The second kappa shape index (κ2) is 8.54. The highest BCUT2D eigenvalue weighted by atomic mass is 35.5. The third-order valence-corrected chi connectivity index (χ3v) is 8.38. The number of hydrogen-bond acceptors (Lipinski definition) is 8. The monoisotopic (exact) mass is 516 g/mol. The van der Waals surface area contributed by atoms with Crippen LogP contribution in [-0.4, -0.2) is 31.4 Å². The molecule has 0 radical (unpaired) electrons. The molecule has 4 bridgehead atoms. The summed E-state index contributed by atoms with van der Waals surface area (Å²) in [5, 5.41) is 30.4. The van der Waals surface area contributed by atoms with Gasteiger partial charge in [-0.05, 0) is 79.8 Å². The highest BCUT2D eigenvalue weighted by molar-refractivity contribution is 6.33. The summed E-state index contributed by atoms with van der Waals surface area (Å²) in [5.41, 5.74) is 6.05. The van der Waals surface area contributed by atoms with Crippen molar-refractivity contribution in [3.05, 3.63) is 60.8 Å². The van der Waals surface area contributed by atoms with Gasteiger partial charge in [0.2, 0.25) is 0 Å². The molecular weight excluding hydrogens is 492 g/mol. The van der Waals surface area contributed by atoms with Crippen LogP contribution >= 0.6 is 11.6 Å². The molecule has 1 aromatic heterocycles. The van der Waals surface area contributed by atoms with E-state index in [1.807, 2.05) is 0 Å². The van der Waals surface area contributed by atoms with Crippen molar-refractivity contribution >= 4 is 34.9 Å². The van der Waals surface area contributed by atoms with Crippen LogP contribution in [0.4, 0.5) is 11.5 Å². The molecule has 2 N–H and O–H groups in total. The van der Waals surface area contributed by atoms with Gasteiger partial charge in [0.15, 0.2) is 10.9 Å². The Kier molecular flexibility index (Phi) is 5.73. The molecular formula is C23H25ClN6O6. The Morgan fingerprint density at radius 2 is 1.83 bits per heavy atom. The van der Waals surface area contributed by atoms with Crippen molar-refractivity contribution in [2.75, 3.05) is 0 Å². The molecule has 190 valence electrons. The zero-order valence-electron chi connectivity index (χ0n) is 19.6. The third-order valence-electron chi connectivity index (χ3n) is 7.94. The van der Waals surface area contributed by atoms with Gasteiger partial charge in [-0.25, -0.2) is 4.79 Å². The van der Waals surface area contributed by atoms with E-state index in [1.165, 1.54) is 24.3 Å². The lowest BCUT2D eigenvalue weighted by Crippen LogP contribution is -2.57. The van der Waals surface area contributed by atoms with Gasteiger partial charge in [0.25, 0.3) is 5.69 Å². The van der Waals surface area contributed by atoms with Crippen LogP contribution in [0.1, 0.15) is 56.2 Å². The summed E-state index contributed by atoms with van der Waals surface area (Å²) in [5.74, 6) is -0.148. The van der Waals surface area contributed by atoms with E-state index in [0.29, 0.717) is 29.5 Å². The summed E-state index contributed by atoms with van der Waals surface area (Å²) >= 11 is 6.25. The molecule has 4 aliphatic rings. The van der Waals surface area contributed by atoms with E-state index in [1.54, 1.807) is 11.6 Å². The van der Waals surface area contributed by atoms with E-state index in [0.717, 1.165) is 32.1 Å². The van der Waals surface area contributed by atoms with Gasteiger partial charge in [-0.1, -0.05) is 16.8 Å². The zero-order valence-corrected chi connectivity index (χ0v) is 20.3. The Morgan fingerprint density at radius 3 is 2.39 bits per heavy atom. The Balaban J connectivity index is 1.34. The number of benzene rings is 1. The van der Waals surface area contributed by atoms with E-state index in [9.17, 15) is 25.0 Å². The number of halogens is 1. The van der Waals surface area contributed by atoms with Crippen molar-refractivity contribution in [2.45, 2.75) is 57.4 Å². The highest BCUT2D eigenvalue weighted by Crippen LogP contribution is 2.65. The topological polar surface area (TPSA) is 169 Å². The standard InChI is InChI=1S/C23H25ClN6O6/c1-13-19(24)21(30(34)35)26-28(13)23-9-14-6-15(10-23)8-22(7-14,12-23)11-18(31)36-27-20(25)16-2-4-17(5-3-16)29(32)33/h2-5,14-15H,6-12H2,1H3,(H2,25,27). The quantitative estimate of drug-likeness (QED) is 0.187. The van der Waals surface area contributed by atoms with Crippen LogP contribution in [0.5, 0.6) is 0 Å². The van der Waals surface area contributed by atoms with E-state index in [-0.39, 0.29) is 34.2 Å². The molecule has 6 rings (SSSR count). The Bertz CT molecular complexity index is 1270. The minimum Gasteiger partial charge on any atom is -0.380 e. The number of carbonyl (C=O) groups excluding carboxylic acids is 1. The van der Waals surface area contributed by atoms with Crippen molar-refractivity contribution in [2.24, 2.45) is 28.1 Å². The summed E-state index contributed by atoms with van der Waals surface area (Å²) in [6, 6.07) is 5.46. The summed E-state index contributed by atoms with van der Waals surface area (Å²) < 4.78 is 1.75. The van der Waals surface area contributed by atoms with Gasteiger partial charge in [-0.2, -0.15) is 4.68 Å². The third kappa shape index (κ3) is 4.08. The van der Waals surface area contributed by atoms with Crippen LogP contribution in [-0.2, 0) is 15.2 Å². The SMILES string of the molecule is Cc1c(Cl)c([N+](=O)[O-])nn1C12CC3CC(CC(CC(=O)O/N=C(\N)c4ccc([N+](=O)[O-])cc4)(C3)C1)C2. The van der Waals surface area contributed by atoms with Crippen LogP contribution in [0.2, 0.25) is 5.02 Å². The largest absolute Gasteiger partial charge is 0.408 e. The number of nitrogens with zero attached hydrogens (tertiary/aromatic N) is 5. The first-order chi connectivity index (χ1) is 17.0. The molecule has 0 amide bonds. The first-order valence-electron chi connectivity index (χ1n) is 11.7. The summed E-state index contributed by atoms with van der Waals surface area (Å²) in [4.78, 5) is 39.2. The fourth-order valence-corrected chi connectivity index (χ4v) is 7.34. The number of oxime groups is 1. The second-order valence-corrected chi connectivity index (χ2v) is 10.9. The van der Waals surface area contributed by atoms with Crippen molar-refractivity contribution < 1.29 is 19.5 Å². The van der Waals surface area contributed by atoms with Gasteiger partial charge in [0.1, 0.15) is 0 Å². The highest BCUT2D eigenvalue weighted by Gasteiger charge is 2.61. The molecule has 4 saturated carbocycles. The predicted molar refractivity (Wildman–Crippen MR) is 128 cm³/mol. The Hall–Kier alpha value is -3.54. The van der Waals surface area contributed by atoms with E-state index < -0.39 is 21.4 Å². The molecule has 1 heterocycles. The molecule has 36 heavy (non-hydrogen) atoms. The normalized spacial score (nSPS) is 28.8. The smallest absolute Gasteiger partial charge is 0.380 e. The lowest BCUT2D eigenvalue weighted by Gasteiger charge is -2.61. The van der Waals surface area contributed by atoms with E-state index >= 15 is 0 Å². The first kappa shape index (κ1) is 24.2. The van der Waals surface area contributed by atoms with Gasteiger partial charge in [0, 0.05) is 17.7 Å². The van der Waals surface area contributed by atoms with Crippen LogP contribution in [0.3, 0.4) is 0 Å². The second-order valence-electron chi connectivity index (χ2n) is 10.5. The van der Waals surface area contributed by atoms with Crippen molar-refractivity contribution in [3.8, 4) is 0 Å². The molecule has 4 aliphatic carbocycles. The number of rotatable bonds is 7. The average Bonchev–Trinajstić information content (AvgIpc) is 3.11. The molecule has 0 saturated heterocycles. The van der Waals surface area contributed by atoms with Crippen molar-refractivity contribution in [3.63, 3.8) is 0 Å². The maximum absolute atomic E-state index is 12.9. The maximum Gasteiger partial charge on any atom is 0.408 e. The average molecular weight is 517 g/mol. The van der Waals surface area contributed by atoms with Crippen LogP contribution in [0, 0.1) is 44.4 Å². The number of carbonyl (C=O) groups is 1. The minimum atomic E-state index is -0.563. The number of non-ortho nitro benzene ring substituents is 1. The van der Waals surface area contributed by atoms with Gasteiger partial charge in [-0.3, -0.25) is 10.1 Å². The van der Waals surface area contributed by atoms with Gasteiger partial charge in [-0.15, -0.1) is 0 Å². The van der Waals surface area contributed by atoms with Crippen LogP contribution in [0.15, 0.2) is 29.4 Å². The van der Waals surface area contributed by atoms with Crippen molar-refractivity contribution in [1.82, 2.24) is 9.78 Å². The molecule has 13 heteroatoms. The molecule has 0 spiro atoms. The fraction of sp³-hybridized carbons (Fsp3) is 0.522. The van der Waals surface area contributed by atoms with Crippen LogP contribution in [0.25, 0.3) is 0 Å². The number of nitrogens with two attached hydrogens (primary N) is 1. The maximum atomic E-state index is 12.9. The Morgan fingerprint density at radius 1 is 1.19 bits per heavy atom. The minimum absolute atomic E-state index is 0.0558. The zero-order chi connectivity index (χ0) is 25.8. The van der Waals surface area contributed by atoms with Gasteiger partial charge in [0.05, 0.1) is 27.7 Å². The molecule has 0 aliphatic heterocycles. The number of nitro groups is 2. The Labute approximate surface area is 210 Å². The number of aromatic nitrogens is 2. The first-order valence-corrected chi connectivity index (χ1v) is 12.1. The molecule has 2 aromatic rings. The summed E-state index contributed by atoms with van der Waals surface area (Å²) in [6.07, 6.45) is 5.31. The number of amidine groups is 1. The molecule has 2 atom stereocenters. The lowest BCUT2D eigenvalue weighted by molar-refractivity contribution is -0.389. The lowest BCUT2D eigenvalue weighted by atomic mass is 9.46. The van der Waals surface area contributed by atoms with Gasteiger partial charge < -0.3 is 20.7 Å². The predicted octanol–water partition coefficient (Wildman–Crippen LogP) is 4.21. The summed E-state index contributed by atoms with van der Waals surface area (Å²) in [6.45, 7) is 1.75.